The van der Waals surface area contributed by atoms with E-state index in [1.54, 1.807) is 72.8 Å². The summed E-state index contributed by atoms with van der Waals surface area (Å²) in [5, 5.41) is 0. The van der Waals surface area contributed by atoms with Gasteiger partial charge < -0.3 is 37.9 Å². The molecule has 374 valence electrons. The Morgan fingerprint density at radius 1 is 0.351 bits per heavy atom. The number of carbonyl (C=O) groups excluding carboxylic acids is 8. The smallest absolute Gasteiger partial charge is 0.338 e. The van der Waals surface area contributed by atoms with E-state index in [0.29, 0.717) is 0 Å². The number of esters is 4. The van der Waals surface area contributed by atoms with Gasteiger partial charge in [-0.15, -0.1) is 0 Å². The molecule has 10 rings (SSSR count). The Balaban J connectivity index is 1.19. The molecule has 74 heavy (non-hydrogen) atoms. The van der Waals surface area contributed by atoms with Gasteiger partial charge in [-0.25, -0.2) is 19.2 Å². The first-order chi connectivity index (χ1) is 36.0. The molecule has 0 saturated carbocycles. The van der Waals surface area contributed by atoms with E-state index >= 15 is 0 Å². The van der Waals surface area contributed by atoms with Crippen LogP contribution in [-0.4, -0.2) is 133 Å². The van der Waals surface area contributed by atoms with Crippen LogP contribution in [0.1, 0.15) is 82.9 Å². The van der Waals surface area contributed by atoms with Crippen molar-refractivity contribution in [2.45, 2.75) is 61.3 Å². The summed E-state index contributed by atoms with van der Waals surface area (Å²) in [4.78, 5) is 119. The molecule has 0 unspecified atom stereocenters. The number of hydrogen-bond donors (Lipinski definition) is 0. The highest BCUT2D eigenvalue weighted by Crippen LogP contribution is 2.43. The summed E-state index contributed by atoms with van der Waals surface area (Å²) in [5.74, 6) is -7.55. The summed E-state index contributed by atoms with van der Waals surface area (Å²) in [6, 6.07) is 38.9. The zero-order chi connectivity index (χ0) is 51.6. The molecule has 6 aromatic carbocycles. The predicted molar refractivity (Wildman–Crippen MR) is 255 cm³/mol. The molecule has 2 saturated heterocycles. The maximum Gasteiger partial charge on any atom is 0.338 e. The average molecular weight is 1000 g/mol. The Morgan fingerprint density at radius 3 is 0.824 bits per heavy atom. The number of hydrogen-bond acceptors (Lipinski definition) is 16. The molecule has 10 atom stereocenters. The first kappa shape index (κ1) is 48.9. The minimum absolute atomic E-state index is 0.00647. The van der Waals surface area contributed by atoms with Gasteiger partial charge in [0.15, 0.2) is 37.0 Å². The fourth-order valence-corrected chi connectivity index (χ4v) is 9.75. The minimum Gasteiger partial charge on any atom is -0.452 e. The van der Waals surface area contributed by atoms with E-state index in [9.17, 15) is 38.4 Å². The molecule has 0 radical (unpaired) electrons. The monoisotopic (exact) mass is 1000 g/mol. The first-order valence-corrected chi connectivity index (χ1v) is 23.3. The van der Waals surface area contributed by atoms with Gasteiger partial charge in [0, 0.05) is 14.2 Å². The van der Waals surface area contributed by atoms with Crippen molar-refractivity contribution in [3.05, 3.63) is 214 Å². The number of rotatable bonds is 13. The molecule has 0 aliphatic carbocycles. The molecular weight excluding hydrogens is 957 g/mol. The third-order valence-corrected chi connectivity index (χ3v) is 13.2. The third kappa shape index (κ3) is 9.00. The number of ether oxygens (including phenoxy) is 8. The second-order valence-electron chi connectivity index (χ2n) is 17.4. The first-order valence-electron chi connectivity index (χ1n) is 23.3. The molecule has 18 nitrogen and oxygen atoms in total. The summed E-state index contributed by atoms with van der Waals surface area (Å²) in [6.45, 7) is 0. The van der Waals surface area contributed by atoms with Crippen LogP contribution >= 0.6 is 0 Å². The zero-order valence-corrected chi connectivity index (χ0v) is 39.4. The SMILES string of the molecule is CO[C@@H]1O[C@@H]([C@@H]2O[C@@H](OC)[C@H](OC(=O)c3ccccc3)[C@@H](OC(=O)c3ccccc3)[C@@H]2N2C(=O)c3ccccc3C2=O)[C@@H](N2C(=O)c3ccccc3C2=O)[C@H](OC(=O)c2ccccc2)[C@H]1OC(=O)c1ccccc1. The third-order valence-electron chi connectivity index (χ3n) is 13.2. The molecule has 2 fully saturated rings. The molecule has 6 aromatic rings. The fourth-order valence-electron chi connectivity index (χ4n) is 9.75. The molecule has 0 bridgehead atoms. The van der Waals surface area contributed by atoms with Crippen LogP contribution in [0, 0.1) is 0 Å². The van der Waals surface area contributed by atoms with Crippen molar-refractivity contribution in [1.29, 1.82) is 0 Å². The Bertz CT molecular complexity index is 2860. The van der Waals surface area contributed by atoms with E-state index in [2.05, 4.69) is 0 Å². The van der Waals surface area contributed by atoms with Crippen LogP contribution in [0.25, 0.3) is 0 Å². The number of amides is 4. The highest BCUT2D eigenvalue weighted by Gasteiger charge is 2.65. The molecule has 4 amide bonds. The molecular formula is C56H44N2O16. The summed E-state index contributed by atoms with van der Waals surface area (Å²) in [6.07, 6.45) is -14.8. The molecule has 18 heteroatoms. The van der Waals surface area contributed by atoms with Gasteiger partial charge in [0.1, 0.15) is 24.3 Å². The molecule has 0 spiro atoms. The lowest BCUT2D eigenvalue weighted by Crippen LogP contribution is -2.75. The second kappa shape index (κ2) is 20.8. The van der Waals surface area contributed by atoms with Crippen molar-refractivity contribution >= 4 is 47.5 Å². The van der Waals surface area contributed by atoms with E-state index in [1.165, 1.54) is 111 Å². The van der Waals surface area contributed by atoms with Crippen molar-refractivity contribution < 1.29 is 76.3 Å². The van der Waals surface area contributed by atoms with Crippen molar-refractivity contribution in [1.82, 2.24) is 9.80 Å². The summed E-state index contributed by atoms with van der Waals surface area (Å²) in [7, 11) is 2.38. The van der Waals surface area contributed by atoms with E-state index < -0.39 is 109 Å². The summed E-state index contributed by atoms with van der Waals surface area (Å²) < 4.78 is 50.5. The van der Waals surface area contributed by atoms with Gasteiger partial charge in [-0.3, -0.25) is 29.0 Å². The number of fused-ring (bicyclic) bond motifs is 2. The standard InChI is InChI=1S/C56H44N2O16/c1-67-55-45(71-53(65)33-23-11-5-12-24-33)43(69-51(63)31-19-7-3-8-20-31)39(57-47(59)35-27-15-16-28-36(35)48(57)60)41(73-55)42-40(58-49(61)37-29-17-18-30-38(37)50(58)62)44(70-52(64)32-21-9-4-10-22-32)46(56(68-2)74-42)72-54(66)34-25-13-6-14-26-34/h3-30,39-46,55-56H,1-2H3/t39-,40-,41-,42-,43+,44+,45-,46-,55-,56-/m1/s1. The number of carbonyl (C=O) groups is 8. The highest BCUT2D eigenvalue weighted by atomic mass is 16.7. The fraction of sp³-hybridized carbons (Fsp3) is 0.214. The van der Waals surface area contributed by atoms with Crippen molar-refractivity contribution in [3.63, 3.8) is 0 Å². The Hall–Kier alpha value is -8.68. The Morgan fingerprint density at radius 2 is 0.581 bits per heavy atom. The van der Waals surface area contributed by atoms with Crippen molar-refractivity contribution in [2.24, 2.45) is 0 Å². The van der Waals surface area contributed by atoms with Crippen LogP contribution in [0.15, 0.2) is 170 Å². The molecule has 4 aliphatic heterocycles. The van der Waals surface area contributed by atoms with E-state index in [1.807, 2.05) is 0 Å². The normalized spacial score (nSPS) is 25.2. The van der Waals surface area contributed by atoms with Gasteiger partial charge in [-0.05, 0) is 72.8 Å². The van der Waals surface area contributed by atoms with E-state index in [-0.39, 0.29) is 44.5 Å². The van der Waals surface area contributed by atoms with Crippen LogP contribution in [0.3, 0.4) is 0 Å². The quantitative estimate of drug-likeness (QED) is 0.0741. The Labute approximate surface area is 422 Å². The zero-order valence-electron chi connectivity index (χ0n) is 39.4. The highest BCUT2D eigenvalue weighted by molar-refractivity contribution is 6.22. The summed E-state index contributed by atoms with van der Waals surface area (Å²) >= 11 is 0. The minimum atomic E-state index is -1.93. The predicted octanol–water partition coefficient (Wildman–Crippen LogP) is 5.96. The maximum atomic E-state index is 15.0. The number of nitrogens with zero attached hydrogens (tertiary/aromatic N) is 2. The largest absolute Gasteiger partial charge is 0.452 e. The van der Waals surface area contributed by atoms with Crippen LogP contribution in [0.2, 0.25) is 0 Å². The van der Waals surface area contributed by atoms with E-state index in [0.717, 1.165) is 9.80 Å². The second-order valence-corrected chi connectivity index (χ2v) is 17.4. The number of benzene rings is 6. The van der Waals surface area contributed by atoms with Gasteiger partial charge >= 0.3 is 23.9 Å². The van der Waals surface area contributed by atoms with Crippen molar-refractivity contribution in [2.75, 3.05) is 14.2 Å². The van der Waals surface area contributed by atoms with Gasteiger partial charge in [0.05, 0.1) is 44.5 Å². The van der Waals surface area contributed by atoms with Crippen LogP contribution in [0.5, 0.6) is 0 Å². The summed E-state index contributed by atoms with van der Waals surface area (Å²) in [5.41, 5.74) is -0.120. The lowest BCUT2D eigenvalue weighted by Gasteiger charge is -2.54. The molecule has 4 heterocycles. The topological polar surface area (TPSA) is 217 Å². The van der Waals surface area contributed by atoms with Crippen molar-refractivity contribution in [3.8, 4) is 0 Å². The lowest BCUT2D eigenvalue weighted by atomic mass is 9.83. The maximum absolute atomic E-state index is 15.0. The average Bonchev–Trinajstić information content (AvgIpc) is 3.88. The molecule has 4 aliphatic rings. The van der Waals surface area contributed by atoms with Crippen LogP contribution in [0.4, 0.5) is 0 Å². The van der Waals surface area contributed by atoms with Gasteiger partial charge in [0.25, 0.3) is 23.6 Å². The lowest BCUT2D eigenvalue weighted by molar-refractivity contribution is -0.332. The number of imide groups is 2. The molecule has 0 aromatic heterocycles. The molecule has 0 N–H and O–H groups in total. The van der Waals surface area contributed by atoms with Gasteiger partial charge in [-0.1, -0.05) is 97.1 Å². The van der Waals surface area contributed by atoms with Crippen LogP contribution < -0.4 is 0 Å². The Kier molecular flexibility index (Phi) is 13.8. The van der Waals surface area contributed by atoms with Crippen LogP contribution in [-0.2, 0) is 37.9 Å². The van der Waals surface area contributed by atoms with E-state index in [4.69, 9.17) is 37.9 Å². The number of methoxy groups -OCH3 is 2. The van der Waals surface area contributed by atoms with Gasteiger partial charge in [0.2, 0.25) is 0 Å². The van der Waals surface area contributed by atoms with Gasteiger partial charge in [-0.2, -0.15) is 0 Å².